The number of rotatable bonds is 4. The smallest absolute Gasteiger partial charge is 0.272 e. The number of carbonyl (C=O) groups is 1. The molecule has 0 saturated heterocycles. The zero-order chi connectivity index (χ0) is 14.6. The van der Waals surface area contributed by atoms with Crippen LogP contribution in [0.2, 0.25) is 0 Å². The molecule has 0 radical (unpaired) electrons. The lowest BCUT2D eigenvalue weighted by Gasteiger charge is -2.29. The van der Waals surface area contributed by atoms with Crippen LogP contribution >= 0.6 is 0 Å². The molecule has 1 heterocycles. The number of hydrogen-bond donors (Lipinski definition) is 3. The van der Waals surface area contributed by atoms with E-state index in [1.165, 1.54) is 12.1 Å². The molecule has 104 valence electrons. The molecule has 0 fully saturated rings. The van der Waals surface area contributed by atoms with Crippen LogP contribution in [0.1, 0.15) is 23.0 Å². The first-order valence-electron chi connectivity index (χ1n) is 6.10. The fourth-order valence-electron chi connectivity index (χ4n) is 1.79. The van der Waals surface area contributed by atoms with Crippen molar-refractivity contribution in [2.45, 2.75) is 12.5 Å². The molecule has 0 aliphatic heterocycles. The average molecular weight is 273 g/mol. The Morgan fingerprint density at radius 3 is 2.55 bits per heavy atom. The van der Waals surface area contributed by atoms with Crippen molar-refractivity contribution in [2.24, 2.45) is 0 Å². The van der Waals surface area contributed by atoms with Gasteiger partial charge in [0.2, 0.25) is 0 Å². The summed E-state index contributed by atoms with van der Waals surface area (Å²) in [6.45, 7) is 1.46. The van der Waals surface area contributed by atoms with E-state index in [0.29, 0.717) is 0 Å². The van der Waals surface area contributed by atoms with Gasteiger partial charge in [0.25, 0.3) is 11.5 Å². The molecule has 20 heavy (non-hydrogen) atoms. The van der Waals surface area contributed by atoms with Gasteiger partial charge in [0, 0.05) is 6.07 Å². The van der Waals surface area contributed by atoms with Gasteiger partial charge in [-0.2, -0.15) is 5.10 Å². The predicted molar refractivity (Wildman–Crippen MR) is 73.2 cm³/mol. The van der Waals surface area contributed by atoms with E-state index in [-0.39, 0.29) is 17.9 Å². The maximum atomic E-state index is 12.1. The van der Waals surface area contributed by atoms with E-state index in [9.17, 15) is 14.7 Å². The number of H-pyrrole nitrogens is 1. The first-order chi connectivity index (χ1) is 9.55. The Kier molecular flexibility index (Phi) is 3.95. The highest BCUT2D eigenvalue weighted by molar-refractivity contribution is 5.92. The molecular weight excluding hydrogens is 258 g/mol. The van der Waals surface area contributed by atoms with Gasteiger partial charge in [0.15, 0.2) is 0 Å². The lowest BCUT2D eigenvalue weighted by Crippen LogP contribution is -2.46. The Morgan fingerprint density at radius 1 is 1.30 bits per heavy atom. The summed E-state index contributed by atoms with van der Waals surface area (Å²) in [4.78, 5) is 23.0. The molecule has 1 aromatic heterocycles. The van der Waals surface area contributed by atoms with Crippen molar-refractivity contribution in [3.8, 4) is 0 Å². The third-order valence-electron chi connectivity index (χ3n) is 3.03. The van der Waals surface area contributed by atoms with E-state index in [1.54, 1.807) is 6.92 Å². The highest BCUT2D eigenvalue weighted by atomic mass is 16.3. The molecule has 2 rings (SSSR count). The van der Waals surface area contributed by atoms with Crippen LogP contribution in [0.3, 0.4) is 0 Å². The van der Waals surface area contributed by atoms with Crippen LogP contribution in [-0.2, 0) is 5.54 Å². The van der Waals surface area contributed by atoms with Crippen LogP contribution in [0, 0.1) is 0 Å². The van der Waals surface area contributed by atoms with Gasteiger partial charge < -0.3 is 10.4 Å². The van der Waals surface area contributed by atoms with Crippen molar-refractivity contribution in [3.05, 3.63) is 64.1 Å². The van der Waals surface area contributed by atoms with Gasteiger partial charge in [-0.3, -0.25) is 9.59 Å². The van der Waals surface area contributed by atoms with Gasteiger partial charge in [0.1, 0.15) is 5.69 Å². The summed E-state index contributed by atoms with van der Waals surface area (Å²) in [6.07, 6.45) is 0. The molecule has 0 spiro atoms. The Morgan fingerprint density at radius 2 is 2.00 bits per heavy atom. The topological polar surface area (TPSA) is 95.1 Å². The molecular formula is C14H15N3O3. The van der Waals surface area contributed by atoms with Crippen LogP contribution in [0.15, 0.2) is 47.3 Å². The molecule has 6 heteroatoms. The van der Waals surface area contributed by atoms with Crippen molar-refractivity contribution in [3.63, 3.8) is 0 Å². The molecule has 1 amide bonds. The van der Waals surface area contributed by atoms with Crippen molar-refractivity contribution in [1.29, 1.82) is 0 Å². The summed E-state index contributed by atoms with van der Waals surface area (Å²) in [5, 5.41) is 18.2. The lowest BCUT2D eigenvalue weighted by atomic mass is 9.93. The number of nitrogens with one attached hydrogen (secondary N) is 2. The van der Waals surface area contributed by atoms with Crippen molar-refractivity contribution < 1.29 is 9.90 Å². The highest BCUT2D eigenvalue weighted by Gasteiger charge is 2.28. The second-order valence-electron chi connectivity index (χ2n) is 4.62. The van der Waals surface area contributed by atoms with Crippen LogP contribution < -0.4 is 10.9 Å². The third kappa shape index (κ3) is 2.92. The number of aliphatic hydroxyl groups is 1. The fraction of sp³-hybridized carbons (Fsp3) is 0.214. The standard InChI is InChI=1S/C14H15N3O3/c1-14(9-18,10-5-3-2-4-6-10)15-13(20)11-7-8-12(19)17-16-11/h2-8,18H,9H2,1H3,(H,15,20)(H,17,19). The van der Waals surface area contributed by atoms with Gasteiger partial charge in [-0.25, -0.2) is 5.10 Å². The minimum absolute atomic E-state index is 0.0835. The monoisotopic (exact) mass is 273 g/mol. The summed E-state index contributed by atoms with van der Waals surface area (Å²) in [7, 11) is 0. The van der Waals surface area contributed by atoms with E-state index in [4.69, 9.17) is 0 Å². The minimum atomic E-state index is -0.920. The van der Waals surface area contributed by atoms with Crippen LogP contribution in [0.5, 0.6) is 0 Å². The van der Waals surface area contributed by atoms with Gasteiger partial charge in [-0.1, -0.05) is 30.3 Å². The summed E-state index contributed by atoms with van der Waals surface area (Å²) >= 11 is 0. The molecule has 1 atom stereocenters. The summed E-state index contributed by atoms with van der Waals surface area (Å²) < 4.78 is 0. The van der Waals surface area contributed by atoms with E-state index in [0.717, 1.165) is 5.56 Å². The Balaban J connectivity index is 2.24. The van der Waals surface area contributed by atoms with Gasteiger partial charge in [-0.05, 0) is 18.6 Å². The number of amides is 1. The maximum Gasteiger partial charge on any atom is 0.272 e. The molecule has 1 unspecified atom stereocenters. The van der Waals surface area contributed by atoms with E-state index < -0.39 is 11.4 Å². The number of aromatic amines is 1. The zero-order valence-electron chi connectivity index (χ0n) is 11.0. The number of aliphatic hydroxyl groups excluding tert-OH is 1. The largest absolute Gasteiger partial charge is 0.394 e. The Labute approximate surface area is 115 Å². The summed E-state index contributed by atoms with van der Waals surface area (Å²) in [5.74, 6) is -0.471. The average Bonchev–Trinajstić information content (AvgIpc) is 2.48. The molecule has 0 bridgehead atoms. The van der Waals surface area contributed by atoms with Crippen molar-refractivity contribution in [1.82, 2.24) is 15.5 Å². The SMILES string of the molecule is CC(CO)(NC(=O)c1ccc(=O)[nH]n1)c1ccccc1. The Bertz CT molecular complexity index is 634. The quantitative estimate of drug-likeness (QED) is 0.751. The Hall–Kier alpha value is -2.47. The van der Waals surface area contributed by atoms with Crippen molar-refractivity contribution in [2.75, 3.05) is 6.61 Å². The number of benzene rings is 1. The number of aromatic nitrogens is 2. The summed E-state index contributed by atoms with van der Waals surface area (Å²) in [6, 6.07) is 11.7. The lowest BCUT2D eigenvalue weighted by molar-refractivity contribution is 0.0843. The summed E-state index contributed by atoms with van der Waals surface area (Å²) in [5.41, 5.74) is -0.439. The second-order valence-corrected chi connectivity index (χ2v) is 4.62. The normalized spacial score (nSPS) is 13.5. The first-order valence-corrected chi connectivity index (χ1v) is 6.10. The number of nitrogens with zero attached hydrogens (tertiary/aromatic N) is 1. The molecule has 1 aromatic carbocycles. The van der Waals surface area contributed by atoms with Crippen molar-refractivity contribution >= 4 is 5.91 Å². The van der Waals surface area contributed by atoms with E-state index in [1.807, 2.05) is 30.3 Å². The van der Waals surface area contributed by atoms with Crippen LogP contribution in [-0.4, -0.2) is 27.8 Å². The zero-order valence-corrected chi connectivity index (χ0v) is 11.0. The van der Waals surface area contributed by atoms with Crippen LogP contribution in [0.25, 0.3) is 0 Å². The van der Waals surface area contributed by atoms with Gasteiger partial charge >= 0.3 is 0 Å². The van der Waals surface area contributed by atoms with E-state index >= 15 is 0 Å². The van der Waals surface area contributed by atoms with Gasteiger partial charge in [-0.15, -0.1) is 0 Å². The number of hydrogen-bond acceptors (Lipinski definition) is 4. The molecule has 0 saturated carbocycles. The predicted octanol–water partition coefficient (Wildman–Crippen LogP) is 0.407. The van der Waals surface area contributed by atoms with Crippen LogP contribution in [0.4, 0.5) is 0 Å². The second kappa shape index (κ2) is 5.66. The van der Waals surface area contributed by atoms with E-state index in [2.05, 4.69) is 15.5 Å². The maximum absolute atomic E-state index is 12.1. The van der Waals surface area contributed by atoms with Gasteiger partial charge in [0.05, 0.1) is 12.1 Å². The minimum Gasteiger partial charge on any atom is -0.394 e. The fourth-order valence-corrected chi connectivity index (χ4v) is 1.79. The third-order valence-corrected chi connectivity index (χ3v) is 3.03. The molecule has 2 aromatic rings. The number of carbonyl (C=O) groups excluding carboxylic acids is 1. The molecule has 6 nitrogen and oxygen atoms in total. The molecule has 0 aliphatic rings. The highest BCUT2D eigenvalue weighted by Crippen LogP contribution is 2.20. The first kappa shape index (κ1) is 14.0. The molecule has 0 aliphatic carbocycles. The molecule has 3 N–H and O–H groups in total.